The van der Waals surface area contributed by atoms with Crippen LogP contribution in [-0.4, -0.2) is 13.2 Å². The Balaban J connectivity index is 2.25. The van der Waals surface area contributed by atoms with Crippen molar-refractivity contribution in [2.45, 2.75) is 86.0 Å². The lowest BCUT2D eigenvalue weighted by Gasteiger charge is -2.22. The van der Waals surface area contributed by atoms with Gasteiger partial charge in [-0.05, 0) is 48.6 Å². The van der Waals surface area contributed by atoms with Gasteiger partial charge in [-0.2, -0.15) is 0 Å². The van der Waals surface area contributed by atoms with Crippen molar-refractivity contribution >= 4 is 10.8 Å². The quantitative estimate of drug-likeness (QED) is 0.318. The lowest BCUT2D eigenvalue weighted by atomic mass is 10.00. The molecule has 0 saturated heterocycles. The second kappa shape index (κ2) is 12.8. The van der Waals surface area contributed by atoms with Crippen LogP contribution in [0.25, 0.3) is 10.8 Å². The molecular weight excluding hydrogens is 356 g/mol. The Kier molecular flexibility index (Phi) is 10.4. The molecule has 0 aliphatic heterocycles. The molecule has 0 spiro atoms. The number of ether oxygens (including phenoxy) is 2. The van der Waals surface area contributed by atoms with Crippen molar-refractivity contribution in [3.8, 4) is 11.5 Å². The van der Waals surface area contributed by atoms with E-state index in [1.54, 1.807) is 0 Å². The summed E-state index contributed by atoms with van der Waals surface area (Å²) in [6, 6.07) is 10.8. The molecule has 2 aromatic carbocycles. The summed E-state index contributed by atoms with van der Waals surface area (Å²) in [5.41, 5.74) is 1.17. The SMILES string of the molecule is CCCCC(CC)COc1c(C)cc2ccccc2c1OCC(CC)CCCC. The number of aryl methyl sites for hydroxylation is 1. The Hall–Kier alpha value is -1.70. The van der Waals surface area contributed by atoms with E-state index < -0.39 is 0 Å². The number of fused-ring (bicyclic) bond motifs is 1. The van der Waals surface area contributed by atoms with Crippen LogP contribution in [0.2, 0.25) is 0 Å². The fourth-order valence-corrected chi connectivity index (χ4v) is 3.95. The predicted molar refractivity (Wildman–Crippen MR) is 126 cm³/mol. The lowest BCUT2D eigenvalue weighted by Crippen LogP contribution is -2.15. The van der Waals surface area contributed by atoms with Crippen molar-refractivity contribution in [3.63, 3.8) is 0 Å². The molecule has 29 heavy (non-hydrogen) atoms. The minimum atomic E-state index is 0.606. The number of rotatable bonds is 14. The molecule has 0 bridgehead atoms. The molecule has 0 aromatic heterocycles. The highest BCUT2D eigenvalue weighted by molar-refractivity contribution is 5.91. The van der Waals surface area contributed by atoms with Gasteiger partial charge in [-0.15, -0.1) is 0 Å². The first kappa shape index (κ1) is 23.6. The van der Waals surface area contributed by atoms with Gasteiger partial charge in [0.1, 0.15) is 0 Å². The molecule has 0 saturated carbocycles. The first-order valence-corrected chi connectivity index (χ1v) is 11.9. The lowest BCUT2D eigenvalue weighted by molar-refractivity contribution is 0.200. The zero-order valence-electron chi connectivity index (χ0n) is 19.4. The van der Waals surface area contributed by atoms with Gasteiger partial charge in [-0.25, -0.2) is 0 Å². The van der Waals surface area contributed by atoms with E-state index in [2.05, 4.69) is 65.0 Å². The Labute approximate surface area is 179 Å². The fourth-order valence-electron chi connectivity index (χ4n) is 3.95. The molecule has 0 aliphatic carbocycles. The second-order valence-corrected chi connectivity index (χ2v) is 8.53. The summed E-state index contributed by atoms with van der Waals surface area (Å²) < 4.78 is 13.0. The van der Waals surface area contributed by atoms with Crippen LogP contribution in [0.5, 0.6) is 11.5 Å². The predicted octanol–water partition coefficient (Wildman–Crippen LogP) is 8.34. The van der Waals surface area contributed by atoms with Crippen molar-refractivity contribution in [1.29, 1.82) is 0 Å². The van der Waals surface area contributed by atoms with Gasteiger partial charge in [0.25, 0.3) is 0 Å². The minimum Gasteiger partial charge on any atom is -0.489 e. The molecule has 162 valence electrons. The van der Waals surface area contributed by atoms with E-state index in [1.807, 2.05) is 0 Å². The molecule has 2 unspecified atom stereocenters. The van der Waals surface area contributed by atoms with Crippen molar-refractivity contribution < 1.29 is 9.47 Å². The Morgan fingerprint density at radius 2 is 1.31 bits per heavy atom. The van der Waals surface area contributed by atoms with E-state index >= 15 is 0 Å². The van der Waals surface area contributed by atoms with E-state index in [1.165, 1.54) is 54.9 Å². The summed E-state index contributed by atoms with van der Waals surface area (Å²) in [4.78, 5) is 0. The molecule has 0 radical (unpaired) electrons. The maximum absolute atomic E-state index is 6.50. The zero-order valence-corrected chi connectivity index (χ0v) is 19.4. The van der Waals surface area contributed by atoms with E-state index in [9.17, 15) is 0 Å². The molecule has 0 aliphatic rings. The Morgan fingerprint density at radius 1 is 0.759 bits per heavy atom. The molecule has 0 fully saturated rings. The zero-order chi connectivity index (χ0) is 21.1. The molecule has 2 atom stereocenters. The van der Waals surface area contributed by atoms with Crippen molar-refractivity contribution in [2.24, 2.45) is 11.8 Å². The van der Waals surface area contributed by atoms with Gasteiger partial charge in [0.05, 0.1) is 13.2 Å². The van der Waals surface area contributed by atoms with Gasteiger partial charge in [0, 0.05) is 5.39 Å². The van der Waals surface area contributed by atoms with Gasteiger partial charge in [-0.3, -0.25) is 0 Å². The van der Waals surface area contributed by atoms with E-state index in [0.717, 1.165) is 37.6 Å². The summed E-state index contributed by atoms with van der Waals surface area (Å²) in [6.45, 7) is 12.8. The molecule has 0 heterocycles. The van der Waals surface area contributed by atoms with Gasteiger partial charge < -0.3 is 9.47 Å². The van der Waals surface area contributed by atoms with E-state index in [4.69, 9.17) is 9.47 Å². The summed E-state index contributed by atoms with van der Waals surface area (Å²) in [5.74, 6) is 3.11. The second-order valence-electron chi connectivity index (χ2n) is 8.53. The number of hydrogen-bond acceptors (Lipinski definition) is 2. The normalized spacial score (nSPS) is 13.4. The first-order valence-electron chi connectivity index (χ1n) is 11.9. The first-order chi connectivity index (χ1) is 14.1. The Morgan fingerprint density at radius 3 is 1.86 bits per heavy atom. The minimum absolute atomic E-state index is 0.606. The number of hydrogen-bond donors (Lipinski definition) is 0. The van der Waals surface area contributed by atoms with Crippen LogP contribution in [0, 0.1) is 18.8 Å². The molecule has 2 nitrogen and oxygen atoms in total. The van der Waals surface area contributed by atoms with Crippen LogP contribution in [0.3, 0.4) is 0 Å². The highest BCUT2D eigenvalue weighted by Crippen LogP contribution is 2.40. The van der Waals surface area contributed by atoms with E-state index in [0.29, 0.717) is 11.8 Å². The third kappa shape index (κ3) is 6.94. The van der Waals surface area contributed by atoms with Crippen LogP contribution in [0.4, 0.5) is 0 Å². The monoisotopic (exact) mass is 398 g/mol. The largest absolute Gasteiger partial charge is 0.489 e. The van der Waals surface area contributed by atoms with Gasteiger partial charge in [-0.1, -0.05) is 90.5 Å². The van der Waals surface area contributed by atoms with Crippen LogP contribution in [-0.2, 0) is 0 Å². The third-order valence-electron chi connectivity index (χ3n) is 6.16. The Bertz CT molecular complexity index is 722. The topological polar surface area (TPSA) is 18.5 Å². The number of benzene rings is 2. The molecule has 2 rings (SSSR count). The van der Waals surface area contributed by atoms with Gasteiger partial charge in [0.15, 0.2) is 11.5 Å². The smallest absolute Gasteiger partial charge is 0.169 e. The highest BCUT2D eigenvalue weighted by atomic mass is 16.5. The highest BCUT2D eigenvalue weighted by Gasteiger charge is 2.17. The van der Waals surface area contributed by atoms with Gasteiger partial charge in [0.2, 0.25) is 0 Å². The van der Waals surface area contributed by atoms with Crippen LogP contribution >= 0.6 is 0 Å². The van der Waals surface area contributed by atoms with Crippen LogP contribution < -0.4 is 9.47 Å². The van der Waals surface area contributed by atoms with Crippen molar-refractivity contribution in [2.75, 3.05) is 13.2 Å². The standard InChI is InChI=1S/C27H42O2/c1-6-10-14-22(8-3)19-28-26-21(5)18-24-16-12-13-17-25(24)27(26)29-20-23(9-4)15-11-7-2/h12-13,16-18,22-23H,6-11,14-15,19-20H2,1-5H3. The molecule has 2 heteroatoms. The molecule has 0 N–H and O–H groups in total. The summed E-state index contributed by atoms with van der Waals surface area (Å²) in [5, 5.41) is 2.40. The molecule has 0 amide bonds. The van der Waals surface area contributed by atoms with Crippen LogP contribution in [0.15, 0.2) is 30.3 Å². The maximum Gasteiger partial charge on any atom is 0.169 e. The molecular formula is C27H42O2. The maximum atomic E-state index is 6.50. The van der Waals surface area contributed by atoms with Crippen LogP contribution in [0.1, 0.15) is 84.6 Å². The van der Waals surface area contributed by atoms with Crippen molar-refractivity contribution in [3.05, 3.63) is 35.9 Å². The summed E-state index contributed by atoms with van der Waals surface area (Å²) >= 11 is 0. The van der Waals surface area contributed by atoms with Gasteiger partial charge >= 0.3 is 0 Å². The average Bonchev–Trinajstić information content (AvgIpc) is 2.74. The summed E-state index contributed by atoms with van der Waals surface area (Å²) in [7, 11) is 0. The average molecular weight is 399 g/mol. The third-order valence-corrected chi connectivity index (χ3v) is 6.16. The van der Waals surface area contributed by atoms with E-state index in [-0.39, 0.29) is 0 Å². The van der Waals surface area contributed by atoms with Crippen molar-refractivity contribution in [1.82, 2.24) is 0 Å². The fraction of sp³-hybridized carbons (Fsp3) is 0.630. The summed E-state index contributed by atoms with van der Waals surface area (Å²) in [6.07, 6.45) is 9.84. The molecule has 2 aromatic rings. The number of unbranched alkanes of at least 4 members (excludes halogenated alkanes) is 2.